The molecule has 2 saturated carbocycles. The van der Waals surface area contributed by atoms with E-state index in [1.54, 1.807) is 5.57 Å². The number of aliphatic hydroxyl groups is 1. The van der Waals surface area contributed by atoms with Crippen LogP contribution in [0, 0.1) is 17.3 Å². The summed E-state index contributed by atoms with van der Waals surface area (Å²) in [7, 11) is 2.13. The Balaban J connectivity index is 1.51. The van der Waals surface area contributed by atoms with E-state index in [4.69, 9.17) is 4.74 Å². The van der Waals surface area contributed by atoms with E-state index in [-0.39, 0.29) is 17.3 Å². The predicted octanol–water partition coefficient (Wildman–Crippen LogP) is 4.78. The van der Waals surface area contributed by atoms with Crippen LogP contribution in [0.2, 0.25) is 0 Å². The molecule has 1 aliphatic heterocycles. The van der Waals surface area contributed by atoms with Crippen LogP contribution in [-0.4, -0.2) is 37.2 Å². The lowest BCUT2D eigenvalue weighted by molar-refractivity contribution is -0.114. The van der Waals surface area contributed by atoms with Gasteiger partial charge in [-0.2, -0.15) is 0 Å². The Hall–Kier alpha value is -2.07. The predicted molar refractivity (Wildman–Crippen MR) is 121 cm³/mol. The molecule has 0 radical (unpaired) electrons. The van der Waals surface area contributed by atoms with Crippen molar-refractivity contribution in [1.29, 1.82) is 0 Å². The molecule has 5 atom stereocenters. The quantitative estimate of drug-likeness (QED) is 0.712. The highest BCUT2D eigenvalue weighted by Gasteiger charge is 2.56. The van der Waals surface area contributed by atoms with Crippen LogP contribution in [-0.2, 0) is 4.79 Å². The number of likely N-dealkylation sites (N-methyl/N-ethyl adjacent to an activating group) is 1. The smallest absolute Gasteiger partial charge is 0.156 e. The number of ether oxygens (including phenoxy) is 1. The van der Waals surface area contributed by atoms with Crippen molar-refractivity contribution >= 4 is 11.5 Å². The van der Waals surface area contributed by atoms with Crippen molar-refractivity contribution in [2.75, 3.05) is 25.1 Å². The molecule has 5 aliphatic rings. The fourth-order valence-electron chi connectivity index (χ4n) is 7.52. The maximum atomic E-state index is 12.1. The zero-order chi connectivity index (χ0) is 21.3. The number of allylic oxidation sites excluding steroid dienone is 4. The minimum Gasteiger partial charge on any atom is -0.490 e. The molecule has 164 valence electrons. The van der Waals surface area contributed by atoms with Gasteiger partial charge in [0.25, 0.3) is 0 Å². The van der Waals surface area contributed by atoms with Crippen molar-refractivity contribution in [3.8, 4) is 5.75 Å². The van der Waals surface area contributed by atoms with Crippen LogP contribution in [0.25, 0.3) is 0 Å². The number of fused-ring (bicyclic) bond motifs is 5. The Labute approximate surface area is 185 Å². The van der Waals surface area contributed by atoms with E-state index in [2.05, 4.69) is 37.1 Å². The lowest BCUT2D eigenvalue weighted by Gasteiger charge is -2.52. The molecular formula is C27H33NO3. The SMILES string of the molecule is CN1CCOc2cc(C3CC4(C)C(O)CCC4C4CCC5=CC(=O)CCC5=C34)ccc21. The van der Waals surface area contributed by atoms with Gasteiger partial charge in [-0.15, -0.1) is 0 Å². The molecule has 6 rings (SSSR count). The molecular weight excluding hydrogens is 386 g/mol. The number of hydrogen-bond acceptors (Lipinski definition) is 4. The van der Waals surface area contributed by atoms with Crippen LogP contribution in [0.15, 0.2) is 41.0 Å². The number of hydrogen-bond donors (Lipinski definition) is 1. The molecule has 0 bridgehead atoms. The Morgan fingerprint density at radius 3 is 2.90 bits per heavy atom. The van der Waals surface area contributed by atoms with Crippen LogP contribution < -0.4 is 9.64 Å². The van der Waals surface area contributed by atoms with Crippen molar-refractivity contribution < 1.29 is 14.6 Å². The average Bonchev–Trinajstić information content (AvgIpc) is 3.07. The van der Waals surface area contributed by atoms with Gasteiger partial charge in [0.1, 0.15) is 12.4 Å². The average molecular weight is 420 g/mol. The van der Waals surface area contributed by atoms with E-state index >= 15 is 0 Å². The number of nitrogens with zero attached hydrogens (tertiary/aromatic N) is 1. The molecule has 5 unspecified atom stereocenters. The van der Waals surface area contributed by atoms with E-state index in [1.165, 1.54) is 16.7 Å². The molecule has 31 heavy (non-hydrogen) atoms. The topological polar surface area (TPSA) is 49.8 Å². The Kier molecular flexibility index (Phi) is 4.40. The van der Waals surface area contributed by atoms with E-state index in [0.717, 1.165) is 63.1 Å². The van der Waals surface area contributed by atoms with E-state index in [1.807, 2.05) is 6.08 Å². The Morgan fingerprint density at radius 2 is 2.03 bits per heavy atom. The van der Waals surface area contributed by atoms with Crippen molar-refractivity contribution in [2.24, 2.45) is 17.3 Å². The molecule has 2 fully saturated rings. The molecule has 0 saturated heterocycles. The molecule has 0 amide bonds. The number of benzene rings is 1. The van der Waals surface area contributed by atoms with Gasteiger partial charge in [0.2, 0.25) is 0 Å². The Bertz CT molecular complexity index is 1010. The molecule has 1 heterocycles. The van der Waals surface area contributed by atoms with Crippen molar-refractivity contribution in [2.45, 2.75) is 63.9 Å². The number of carbonyl (C=O) groups is 1. The highest BCUT2D eigenvalue weighted by molar-refractivity contribution is 5.93. The maximum absolute atomic E-state index is 12.1. The van der Waals surface area contributed by atoms with Crippen LogP contribution in [0.5, 0.6) is 5.75 Å². The first-order valence-electron chi connectivity index (χ1n) is 12.1. The van der Waals surface area contributed by atoms with Crippen LogP contribution in [0.4, 0.5) is 5.69 Å². The second-order valence-corrected chi connectivity index (χ2v) is 10.7. The van der Waals surface area contributed by atoms with E-state index in [0.29, 0.717) is 24.2 Å². The minimum atomic E-state index is -0.212. The first-order chi connectivity index (χ1) is 15.0. The van der Waals surface area contributed by atoms with Gasteiger partial charge < -0.3 is 14.7 Å². The summed E-state index contributed by atoms with van der Waals surface area (Å²) in [5.41, 5.74) is 6.81. The van der Waals surface area contributed by atoms with Gasteiger partial charge in [-0.1, -0.05) is 18.6 Å². The zero-order valence-corrected chi connectivity index (χ0v) is 18.7. The number of aliphatic hydroxyl groups excluding tert-OH is 1. The first kappa shape index (κ1) is 19.6. The highest BCUT2D eigenvalue weighted by atomic mass is 16.5. The fraction of sp³-hybridized carbons (Fsp3) is 0.593. The van der Waals surface area contributed by atoms with Crippen molar-refractivity contribution in [3.05, 3.63) is 46.6 Å². The third-order valence-electron chi connectivity index (χ3n) is 9.16. The standard InChI is InChI=1S/C27H33NO3/c1-27-15-21(17-4-9-23-24(14-17)31-12-11-28(23)2)26-19-7-5-18(29)13-16(19)3-6-20(26)22(27)8-10-25(27)30/h4,9,13-14,20-22,25,30H,3,5-8,10-12,15H2,1-2H3. The summed E-state index contributed by atoms with van der Waals surface area (Å²) in [6.07, 6.45) is 8.43. The van der Waals surface area contributed by atoms with E-state index < -0.39 is 0 Å². The van der Waals surface area contributed by atoms with Crippen LogP contribution in [0.3, 0.4) is 0 Å². The van der Waals surface area contributed by atoms with Crippen LogP contribution >= 0.6 is 0 Å². The van der Waals surface area contributed by atoms with Crippen molar-refractivity contribution in [3.63, 3.8) is 0 Å². The highest BCUT2D eigenvalue weighted by Crippen LogP contribution is 2.64. The zero-order valence-electron chi connectivity index (χ0n) is 18.7. The fourth-order valence-corrected chi connectivity index (χ4v) is 7.52. The number of rotatable bonds is 1. The molecule has 0 spiro atoms. The van der Waals surface area contributed by atoms with Crippen molar-refractivity contribution in [1.82, 2.24) is 0 Å². The normalized spacial score (nSPS) is 36.8. The summed E-state index contributed by atoms with van der Waals surface area (Å²) >= 11 is 0. The van der Waals surface area contributed by atoms with Gasteiger partial charge in [0.05, 0.1) is 18.3 Å². The number of anilines is 1. The molecule has 4 nitrogen and oxygen atoms in total. The second-order valence-electron chi connectivity index (χ2n) is 10.7. The third-order valence-corrected chi connectivity index (χ3v) is 9.16. The van der Waals surface area contributed by atoms with Gasteiger partial charge in [0.15, 0.2) is 5.78 Å². The molecule has 4 heteroatoms. The number of carbonyl (C=O) groups excluding carboxylic acids is 1. The van der Waals surface area contributed by atoms with E-state index in [9.17, 15) is 9.90 Å². The molecule has 1 N–H and O–H groups in total. The summed E-state index contributed by atoms with van der Waals surface area (Å²) in [5, 5.41) is 11.0. The van der Waals surface area contributed by atoms with Crippen LogP contribution in [0.1, 0.15) is 63.4 Å². The summed E-state index contributed by atoms with van der Waals surface area (Å²) in [6.45, 7) is 3.98. The Morgan fingerprint density at radius 1 is 1.16 bits per heavy atom. The number of ketones is 1. The van der Waals surface area contributed by atoms with Gasteiger partial charge in [0, 0.05) is 19.4 Å². The monoisotopic (exact) mass is 419 g/mol. The second kappa shape index (κ2) is 6.96. The summed E-state index contributed by atoms with van der Waals surface area (Å²) in [4.78, 5) is 14.4. The summed E-state index contributed by atoms with van der Waals surface area (Å²) in [5.74, 6) is 2.66. The summed E-state index contributed by atoms with van der Waals surface area (Å²) in [6, 6.07) is 6.76. The lowest BCUT2D eigenvalue weighted by Crippen LogP contribution is -2.45. The first-order valence-corrected chi connectivity index (χ1v) is 12.1. The molecule has 0 aromatic heterocycles. The minimum absolute atomic E-state index is 0.0291. The van der Waals surface area contributed by atoms with Gasteiger partial charge >= 0.3 is 0 Å². The summed E-state index contributed by atoms with van der Waals surface area (Å²) < 4.78 is 6.05. The maximum Gasteiger partial charge on any atom is 0.156 e. The van der Waals surface area contributed by atoms with Gasteiger partial charge in [-0.25, -0.2) is 0 Å². The lowest BCUT2D eigenvalue weighted by atomic mass is 9.53. The molecule has 1 aromatic rings. The van der Waals surface area contributed by atoms with Gasteiger partial charge in [-0.3, -0.25) is 4.79 Å². The third kappa shape index (κ3) is 2.87. The van der Waals surface area contributed by atoms with Gasteiger partial charge in [-0.05, 0) is 90.7 Å². The molecule has 1 aromatic carbocycles. The largest absolute Gasteiger partial charge is 0.490 e. The molecule has 4 aliphatic carbocycles.